The van der Waals surface area contributed by atoms with Crippen molar-refractivity contribution in [2.45, 2.75) is 13.8 Å². The van der Waals surface area contributed by atoms with Crippen LogP contribution in [0.15, 0.2) is 0 Å². The van der Waals surface area contributed by atoms with Crippen molar-refractivity contribution in [2.24, 2.45) is 5.92 Å². The summed E-state index contributed by atoms with van der Waals surface area (Å²) in [5.74, 6) is 0.864. The summed E-state index contributed by atoms with van der Waals surface area (Å²) in [5, 5.41) is 0. The van der Waals surface area contributed by atoms with E-state index in [0.29, 0.717) is 0 Å². The molecule has 0 aliphatic heterocycles. The fraction of sp³-hybridized carbons (Fsp3) is 1.00. The first-order valence-corrected chi connectivity index (χ1v) is 5.57. The van der Waals surface area contributed by atoms with Gasteiger partial charge in [-0.1, -0.05) is 29.3 Å². The Morgan fingerprint density at radius 3 is 2.17 bits per heavy atom. The van der Waals surface area contributed by atoms with Crippen molar-refractivity contribution < 1.29 is 0 Å². The van der Waals surface area contributed by atoms with Crippen molar-refractivity contribution in [2.75, 3.05) is 6.16 Å². The minimum absolute atomic E-state index is 0.864. The van der Waals surface area contributed by atoms with Gasteiger partial charge in [-0.05, 0) is 19.4 Å². The van der Waals surface area contributed by atoms with Gasteiger partial charge < -0.3 is 0 Å². The highest BCUT2D eigenvalue weighted by atomic mass is 79.9. The molecule has 0 rings (SSSR count). The van der Waals surface area contributed by atoms with Crippen LogP contribution in [0.3, 0.4) is 0 Å². The Bertz CT molecular complexity index is 28.7. The molecule has 0 spiro atoms. The highest BCUT2D eigenvalue weighted by Crippen LogP contribution is 2.21. The summed E-state index contributed by atoms with van der Waals surface area (Å²) >= 11 is 3.38. The lowest BCUT2D eigenvalue weighted by Gasteiger charge is -1.94. The summed E-state index contributed by atoms with van der Waals surface area (Å²) in [6.07, 6.45) is 1.32. The van der Waals surface area contributed by atoms with E-state index in [1.165, 1.54) is 6.16 Å². The Kier molecular flexibility index (Phi) is 4.70. The third-order valence-electron chi connectivity index (χ3n) is 0.485. The molecule has 0 bridgehead atoms. The van der Waals surface area contributed by atoms with Crippen LogP contribution in [-0.2, 0) is 0 Å². The van der Waals surface area contributed by atoms with Crippen LogP contribution in [0.2, 0.25) is 0 Å². The average molecular weight is 169 g/mol. The van der Waals surface area contributed by atoms with Crippen molar-refractivity contribution in [1.29, 1.82) is 0 Å². The van der Waals surface area contributed by atoms with Crippen molar-refractivity contribution in [1.82, 2.24) is 0 Å². The van der Waals surface area contributed by atoms with Crippen molar-refractivity contribution in [3.63, 3.8) is 0 Å². The molecule has 0 N–H and O–H groups in total. The minimum Gasteiger partial charge on any atom is -0.0642 e. The summed E-state index contributed by atoms with van der Waals surface area (Å²) in [5.41, 5.74) is 0. The lowest BCUT2D eigenvalue weighted by Crippen LogP contribution is -1.84. The Morgan fingerprint density at radius 2 is 2.17 bits per heavy atom. The molecule has 2 heteroatoms. The van der Waals surface area contributed by atoms with Crippen LogP contribution in [0.4, 0.5) is 0 Å². The van der Waals surface area contributed by atoms with E-state index < -0.39 is 0 Å². The van der Waals surface area contributed by atoms with Gasteiger partial charge in [0.05, 0.1) is 0 Å². The summed E-state index contributed by atoms with van der Waals surface area (Å²) in [7, 11) is 0.951. The Balaban J connectivity index is 2.63. The van der Waals surface area contributed by atoms with E-state index in [1.807, 2.05) is 0 Å². The fourth-order valence-corrected chi connectivity index (χ4v) is 2.41. The fourth-order valence-electron chi connectivity index (χ4n) is 0.154. The van der Waals surface area contributed by atoms with E-state index in [4.69, 9.17) is 0 Å². The van der Waals surface area contributed by atoms with Crippen molar-refractivity contribution in [3.05, 3.63) is 0 Å². The van der Waals surface area contributed by atoms with Crippen molar-refractivity contribution >= 4 is 22.8 Å². The second-order valence-electron chi connectivity index (χ2n) is 1.73. The zero-order valence-corrected chi connectivity index (χ0v) is 6.75. The first-order valence-electron chi connectivity index (χ1n) is 2.11. The third kappa shape index (κ3) is 4.91. The molecule has 0 fully saturated rings. The molecule has 6 heavy (non-hydrogen) atoms. The van der Waals surface area contributed by atoms with Gasteiger partial charge in [0.1, 0.15) is 0 Å². The van der Waals surface area contributed by atoms with Gasteiger partial charge in [0.25, 0.3) is 0 Å². The molecular weight excluding hydrogens is 159 g/mol. The van der Waals surface area contributed by atoms with Gasteiger partial charge in [0.2, 0.25) is 0 Å². The number of hydrogen-bond donors (Lipinski definition) is 0. The second kappa shape index (κ2) is 4.08. The maximum Gasteiger partial charge on any atom is -0.0231 e. The molecule has 0 nitrogen and oxygen atoms in total. The molecule has 0 aromatic heterocycles. The molecule has 0 amide bonds. The quantitative estimate of drug-likeness (QED) is 0.557. The van der Waals surface area contributed by atoms with Crippen LogP contribution in [0.1, 0.15) is 13.8 Å². The summed E-state index contributed by atoms with van der Waals surface area (Å²) in [6.45, 7) is 4.46. The molecule has 0 heterocycles. The molecule has 0 aliphatic carbocycles. The van der Waals surface area contributed by atoms with Gasteiger partial charge in [-0.2, -0.15) is 0 Å². The SMILES string of the molecule is CC(C)CPBr. The lowest BCUT2D eigenvalue weighted by molar-refractivity contribution is 0.750. The summed E-state index contributed by atoms with van der Waals surface area (Å²) in [4.78, 5) is 0. The van der Waals surface area contributed by atoms with Gasteiger partial charge in [-0.3, -0.25) is 0 Å². The van der Waals surface area contributed by atoms with Crippen LogP contribution < -0.4 is 0 Å². The minimum atomic E-state index is 0.864. The summed E-state index contributed by atoms with van der Waals surface area (Å²) < 4.78 is 0. The van der Waals surface area contributed by atoms with E-state index >= 15 is 0 Å². The Hall–Kier alpha value is 0.910. The first-order chi connectivity index (χ1) is 2.77. The molecule has 0 aromatic carbocycles. The summed E-state index contributed by atoms with van der Waals surface area (Å²) in [6, 6.07) is 0. The average Bonchev–Trinajstić information content (AvgIpc) is 1.35. The molecule has 0 saturated heterocycles. The zero-order chi connectivity index (χ0) is 4.99. The Morgan fingerprint density at radius 1 is 1.67 bits per heavy atom. The van der Waals surface area contributed by atoms with Gasteiger partial charge in [0, 0.05) is 0 Å². The van der Waals surface area contributed by atoms with Crippen LogP contribution in [0.5, 0.6) is 0 Å². The van der Waals surface area contributed by atoms with E-state index in [-0.39, 0.29) is 0 Å². The van der Waals surface area contributed by atoms with E-state index in [2.05, 4.69) is 29.3 Å². The third-order valence-corrected chi connectivity index (χ3v) is 2.43. The monoisotopic (exact) mass is 168 g/mol. The molecule has 38 valence electrons. The van der Waals surface area contributed by atoms with Gasteiger partial charge in [0.15, 0.2) is 0 Å². The second-order valence-corrected chi connectivity index (χ2v) is 4.09. The maximum atomic E-state index is 3.38. The highest BCUT2D eigenvalue weighted by Gasteiger charge is 1.86. The first kappa shape index (κ1) is 6.91. The van der Waals surface area contributed by atoms with Crippen LogP contribution in [-0.4, -0.2) is 6.16 Å². The normalized spacial score (nSPS) is 12.0. The Labute approximate surface area is 49.2 Å². The van der Waals surface area contributed by atoms with Gasteiger partial charge in [-0.25, -0.2) is 0 Å². The molecule has 0 saturated carbocycles. The molecule has 1 unspecified atom stereocenters. The van der Waals surface area contributed by atoms with Crippen LogP contribution in [0, 0.1) is 5.92 Å². The zero-order valence-electron chi connectivity index (χ0n) is 4.16. The van der Waals surface area contributed by atoms with E-state index in [9.17, 15) is 0 Å². The standard InChI is InChI=1S/C4H10BrP/c1-4(2)3-6-5/h4,6H,3H2,1-2H3. The van der Waals surface area contributed by atoms with Crippen molar-refractivity contribution in [3.8, 4) is 0 Å². The van der Waals surface area contributed by atoms with Gasteiger partial charge >= 0.3 is 0 Å². The molecule has 0 aliphatic rings. The molecule has 1 atom stereocenters. The predicted molar refractivity (Wildman–Crippen MR) is 36.9 cm³/mol. The molecule has 0 radical (unpaired) electrons. The van der Waals surface area contributed by atoms with E-state index in [1.54, 1.807) is 0 Å². The largest absolute Gasteiger partial charge is 0.0642 e. The van der Waals surface area contributed by atoms with Gasteiger partial charge in [-0.15, -0.1) is 0 Å². The highest BCUT2D eigenvalue weighted by molar-refractivity contribution is 9.36. The van der Waals surface area contributed by atoms with E-state index in [0.717, 1.165) is 13.2 Å². The molecule has 0 aromatic rings. The smallest absolute Gasteiger partial charge is 0.0231 e. The lowest BCUT2D eigenvalue weighted by atomic mass is 10.3. The van der Waals surface area contributed by atoms with Crippen LogP contribution >= 0.6 is 22.8 Å². The maximum absolute atomic E-state index is 3.38. The topological polar surface area (TPSA) is 0 Å². The molecular formula is C4H10BrP. The predicted octanol–water partition coefficient (Wildman–Crippen LogP) is 2.63. The number of rotatable bonds is 2. The number of hydrogen-bond acceptors (Lipinski definition) is 0. The van der Waals surface area contributed by atoms with Crippen LogP contribution in [0.25, 0.3) is 0 Å². The number of halogens is 1.